The van der Waals surface area contributed by atoms with Crippen molar-refractivity contribution in [3.63, 3.8) is 0 Å². The Kier molecular flexibility index (Phi) is 5.61. The molecule has 35 heavy (non-hydrogen) atoms. The number of aromatic nitrogens is 6. The molecule has 0 aliphatic heterocycles. The number of aryl methyl sites for hydroxylation is 1. The maximum Gasteiger partial charge on any atom is 0.251 e. The summed E-state index contributed by atoms with van der Waals surface area (Å²) in [6.07, 6.45) is 3.25. The fraction of sp³-hybridized carbons (Fsp3) is 0.160. The van der Waals surface area contributed by atoms with Crippen molar-refractivity contribution in [2.75, 3.05) is 7.11 Å². The van der Waals surface area contributed by atoms with Crippen LogP contribution in [0.15, 0.2) is 61.1 Å². The van der Waals surface area contributed by atoms with Gasteiger partial charge >= 0.3 is 0 Å². The van der Waals surface area contributed by atoms with Gasteiger partial charge in [-0.25, -0.2) is 9.97 Å². The summed E-state index contributed by atoms with van der Waals surface area (Å²) < 4.78 is 7.13. The largest absolute Gasteiger partial charge is 0.507 e. The van der Waals surface area contributed by atoms with Crippen LogP contribution in [-0.2, 0) is 7.05 Å². The van der Waals surface area contributed by atoms with Crippen LogP contribution in [-0.4, -0.2) is 47.8 Å². The maximum absolute atomic E-state index is 12.8. The quantitative estimate of drug-likeness (QED) is 0.346. The highest BCUT2D eigenvalue weighted by Crippen LogP contribution is 2.35. The second-order valence-corrected chi connectivity index (χ2v) is 8.10. The van der Waals surface area contributed by atoms with Crippen LogP contribution in [0.2, 0.25) is 0 Å². The molecule has 2 aromatic carbocycles. The van der Waals surface area contributed by atoms with Crippen molar-refractivity contribution < 1.29 is 14.6 Å². The Morgan fingerprint density at radius 1 is 1.17 bits per heavy atom. The minimum atomic E-state index is -0.313. The molecule has 0 aliphatic carbocycles. The smallest absolute Gasteiger partial charge is 0.251 e. The fourth-order valence-electron chi connectivity index (χ4n) is 3.97. The number of methoxy groups -OCH3 is 1. The molecule has 0 aliphatic rings. The number of benzene rings is 2. The third-order valence-corrected chi connectivity index (χ3v) is 5.75. The van der Waals surface area contributed by atoms with Gasteiger partial charge in [-0.1, -0.05) is 6.07 Å². The number of hydrogen-bond acceptors (Lipinski definition) is 7. The summed E-state index contributed by atoms with van der Waals surface area (Å²) in [6, 6.07) is 13.8. The molecule has 176 valence electrons. The molecule has 10 heteroatoms. The number of rotatable bonds is 6. The van der Waals surface area contributed by atoms with Crippen LogP contribution in [0, 0.1) is 0 Å². The van der Waals surface area contributed by atoms with Crippen molar-refractivity contribution >= 4 is 16.9 Å². The van der Waals surface area contributed by atoms with Gasteiger partial charge < -0.3 is 24.7 Å². The number of aromatic amines is 1. The summed E-state index contributed by atoms with van der Waals surface area (Å²) in [4.78, 5) is 24.9. The van der Waals surface area contributed by atoms with Gasteiger partial charge in [0.2, 0.25) is 5.88 Å². The minimum absolute atomic E-state index is 0.0751. The van der Waals surface area contributed by atoms with Gasteiger partial charge in [0.1, 0.15) is 17.9 Å². The molecular formula is C25H23N7O3. The number of H-pyrrole nitrogens is 1. The number of pyridine rings is 1. The first-order chi connectivity index (χ1) is 16.9. The number of nitrogens with zero attached hydrogens (tertiary/aromatic N) is 5. The molecule has 0 bridgehead atoms. The molecule has 0 fully saturated rings. The summed E-state index contributed by atoms with van der Waals surface area (Å²) in [7, 11) is 3.39. The highest BCUT2D eigenvalue weighted by Gasteiger charge is 2.18. The van der Waals surface area contributed by atoms with Crippen molar-refractivity contribution in [3.05, 3.63) is 72.4 Å². The molecular weight excluding hydrogens is 446 g/mol. The predicted octanol–water partition coefficient (Wildman–Crippen LogP) is 3.63. The van der Waals surface area contributed by atoms with Gasteiger partial charge in [0.05, 0.1) is 29.7 Å². The lowest BCUT2D eigenvalue weighted by Crippen LogP contribution is -2.28. The number of phenolic OH excluding ortho intramolecular Hbond substituents is 1. The van der Waals surface area contributed by atoms with E-state index >= 15 is 0 Å². The molecule has 5 rings (SSSR count). The number of hydrogen-bond donors (Lipinski definition) is 3. The van der Waals surface area contributed by atoms with Crippen molar-refractivity contribution in [1.29, 1.82) is 0 Å². The number of aromatic hydroxyl groups is 1. The van der Waals surface area contributed by atoms with Crippen LogP contribution in [0.3, 0.4) is 0 Å². The Balaban J connectivity index is 1.46. The standard InChI is InChI=1S/C25H23N7O3/c1-14(23-31-27-13-32(23)2)28-24(34)16-6-8-19-20(12-16)30-22(29-19)18-11-15(7-9-21(18)33)17-5-4-10-26-25(17)35-3/h4-14,33H,1-3H3,(H,28,34)(H,29,30). The van der Waals surface area contributed by atoms with Crippen molar-refractivity contribution in [3.8, 4) is 34.1 Å². The highest BCUT2D eigenvalue weighted by atomic mass is 16.5. The first-order valence-electron chi connectivity index (χ1n) is 10.9. The first-order valence-corrected chi connectivity index (χ1v) is 10.9. The number of ether oxygens (including phenoxy) is 1. The van der Waals surface area contributed by atoms with Crippen LogP contribution >= 0.6 is 0 Å². The summed E-state index contributed by atoms with van der Waals surface area (Å²) in [5.41, 5.74) is 3.94. The summed E-state index contributed by atoms with van der Waals surface area (Å²) >= 11 is 0. The van der Waals surface area contributed by atoms with Crippen LogP contribution < -0.4 is 10.1 Å². The van der Waals surface area contributed by atoms with Gasteiger partial charge in [-0.3, -0.25) is 4.79 Å². The Hall–Kier alpha value is -4.73. The Labute approximate surface area is 200 Å². The van der Waals surface area contributed by atoms with Gasteiger partial charge in [0.25, 0.3) is 5.91 Å². The molecule has 0 radical (unpaired) electrons. The number of phenols is 1. The lowest BCUT2D eigenvalue weighted by molar-refractivity contribution is 0.0938. The van der Waals surface area contributed by atoms with Crippen LogP contribution in [0.25, 0.3) is 33.5 Å². The molecule has 0 saturated carbocycles. The first kappa shape index (κ1) is 22.1. The Bertz CT molecular complexity index is 1540. The normalized spacial score (nSPS) is 12.0. The Morgan fingerprint density at radius 2 is 2.03 bits per heavy atom. The molecule has 3 N–H and O–H groups in total. The molecule has 5 aromatic rings. The summed E-state index contributed by atoms with van der Waals surface area (Å²) in [6.45, 7) is 1.85. The average Bonchev–Trinajstić information content (AvgIpc) is 3.49. The summed E-state index contributed by atoms with van der Waals surface area (Å²) in [5, 5.41) is 21.4. The SMILES string of the molecule is COc1ncccc1-c1ccc(O)c(-c2nc3ccc(C(=O)NC(C)c4nncn4C)cc3[nH]2)c1. The van der Waals surface area contributed by atoms with Gasteiger partial charge in [0.15, 0.2) is 5.82 Å². The number of carbonyl (C=O) groups is 1. The number of carbonyl (C=O) groups excluding carboxylic acids is 1. The van der Waals surface area contributed by atoms with E-state index in [0.717, 1.165) is 11.1 Å². The molecule has 0 saturated heterocycles. The molecule has 1 unspecified atom stereocenters. The van der Waals surface area contributed by atoms with Crippen molar-refractivity contribution in [2.45, 2.75) is 13.0 Å². The zero-order valence-corrected chi connectivity index (χ0v) is 19.4. The topological polar surface area (TPSA) is 131 Å². The van der Waals surface area contributed by atoms with Crippen LogP contribution in [0.1, 0.15) is 29.1 Å². The second-order valence-electron chi connectivity index (χ2n) is 8.10. The molecule has 3 aromatic heterocycles. The van der Waals surface area contributed by atoms with Crippen molar-refractivity contribution in [2.24, 2.45) is 7.05 Å². The highest BCUT2D eigenvalue weighted by molar-refractivity contribution is 5.98. The van der Waals surface area contributed by atoms with Gasteiger partial charge in [-0.05, 0) is 55.0 Å². The van der Waals surface area contributed by atoms with Gasteiger partial charge in [0, 0.05) is 24.4 Å². The average molecular weight is 470 g/mol. The van der Waals surface area contributed by atoms with E-state index in [0.29, 0.717) is 39.7 Å². The van der Waals surface area contributed by atoms with Gasteiger partial charge in [-0.15, -0.1) is 10.2 Å². The lowest BCUT2D eigenvalue weighted by Gasteiger charge is -2.12. The molecule has 1 amide bonds. The molecule has 10 nitrogen and oxygen atoms in total. The van der Waals surface area contributed by atoms with E-state index in [2.05, 4.69) is 30.5 Å². The number of imidazole rings is 1. The number of nitrogens with one attached hydrogen (secondary N) is 2. The van der Waals surface area contributed by atoms with E-state index in [1.54, 1.807) is 54.5 Å². The van der Waals surface area contributed by atoms with Crippen LogP contribution in [0.4, 0.5) is 0 Å². The monoisotopic (exact) mass is 469 g/mol. The van der Waals surface area contributed by atoms with E-state index in [1.807, 2.05) is 32.2 Å². The molecule has 1 atom stereocenters. The molecule has 3 heterocycles. The van der Waals surface area contributed by atoms with E-state index in [9.17, 15) is 9.90 Å². The zero-order chi connectivity index (χ0) is 24.5. The van der Waals surface area contributed by atoms with E-state index in [-0.39, 0.29) is 17.7 Å². The van der Waals surface area contributed by atoms with Gasteiger partial charge in [-0.2, -0.15) is 0 Å². The van der Waals surface area contributed by atoms with E-state index in [4.69, 9.17) is 4.74 Å². The van der Waals surface area contributed by atoms with E-state index in [1.165, 1.54) is 0 Å². The maximum atomic E-state index is 12.8. The third kappa shape index (κ3) is 4.17. The summed E-state index contributed by atoms with van der Waals surface area (Å²) in [5.74, 6) is 1.45. The minimum Gasteiger partial charge on any atom is -0.507 e. The van der Waals surface area contributed by atoms with E-state index < -0.39 is 0 Å². The predicted molar refractivity (Wildman–Crippen MR) is 130 cm³/mol. The second kappa shape index (κ2) is 8.90. The fourth-order valence-corrected chi connectivity index (χ4v) is 3.97. The third-order valence-electron chi connectivity index (χ3n) is 5.75. The number of fused-ring (bicyclic) bond motifs is 1. The number of amides is 1. The zero-order valence-electron chi connectivity index (χ0n) is 19.4. The van der Waals surface area contributed by atoms with Crippen LogP contribution in [0.5, 0.6) is 11.6 Å². The molecule has 0 spiro atoms. The Morgan fingerprint density at radius 3 is 2.80 bits per heavy atom. The van der Waals surface area contributed by atoms with Crippen molar-refractivity contribution in [1.82, 2.24) is 35.0 Å². The lowest BCUT2D eigenvalue weighted by atomic mass is 10.0.